The van der Waals surface area contributed by atoms with Crippen LogP contribution in [0.1, 0.15) is 5.56 Å². The van der Waals surface area contributed by atoms with Crippen molar-refractivity contribution < 1.29 is 0 Å². The Morgan fingerprint density at radius 3 is 2.42 bits per heavy atom. The predicted octanol–water partition coefficient (Wildman–Crippen LogP) is 2.99. The first kappa shape index (κ1) is 16.2. The zero-order valence-electron chi connectivity index (χ0n) is 12.6. The van der Waals surface area contributed by atoms with E-state index < -0.39 is 5.56 Å². The molecule has 0 aliphatic carbocycles. The number of aromatic nitrogens is 2. The van der Waals surface area contributed by atoms with Crippen LogP contribution in [0.4, 0.5) is 11.4 Å². The number of rotatable bonds is 2. The lowest BCUT2D eigenvalue weighted by Gasteiger charge is -2.14. The van der Waals surface area contributed by atoms with Crippen molar-refractivity contribution in [1.82, 2.24) is 10.2 Å². The molecule has 3 aromatic rings. The molecule has 0 radical (unpaired) electrons. The van der Waals surface area contributed by atoms with Gasteiger partial charge in [0.05, 0.1) is 16.5 Å². The van der Waals surface area contributed by atoms with Crippen molar-refractivity contribution in [1.29, 1.82) is 0 Å². The molecule has 0 saturated carbocycles. The van der Waals surface area contributed by atoms with Gasteiger partial charge in [-0.25, -0.2) is 0 Å². The number of hydrogen-bond donors (Lipinski definition) is 4. The highest BCUT2D eigenvalue weighted by atomic mass is 35.5. The number of anilines is 2. The molecule has 0 spiro atoms. The summed E-state index contributed by atoms with van der Waals surface area (Å²) in [6, 6.07) is 10.4. The zero-order chi connectivity index (χ0) is 17.3. The highest BCUT2D eigenvalue weighted by Gasteiger charge is 2.10. The van der Waals surface area contributed by atoms with Crippen molar-refractivity contribution in [2.45, 2.75) is 6.92 Å². The smallest absolute Gasteiger partial charge is 0.272 e. The topological polar surface area (TPSA) is 89.8 Å². The first-order valence-electron chi connectivity index (χ1n) is 7.04. The number of halogens is 1. The molecular weight excluding hydrogens is 348 g/mol. The van der Waals surface area contributed by atoms with Gasteiger partial charge in [0.2, 0.25) is 0 Å². The van der Waals surface area contributed by atoms with E-state index in [2.05, 4.69) is 20.8 Å². The number of thiocarbonyl (C=S) groups is 1. The summed E-state index contributed by atoms with van der Waals surface area (Å²) in [7, 11) is 0. The molecule has 8 heteroatoms. The fourth-order valence-corrected chi connectivity index (χ4v) is 2.75. The van der Waals surface area contributed by atoms with Crippen molar-refractivity contribution in [3.05, 3.63) is 67.7 Å². The van der Waals surface area contributed by atoms with Gasteiger partial charge in [-0.15, -0.1) is 0 Å². The van der Waals surface area contributed by atoms with Gasteiger partial charge >= 0.3 is 0 Å². The minimum Gasteiger partial charge on any atom is -0.332 e. The molecule has 0 fully saturated rings. The molecule has 0 aliphatic rings. The van der Waals surface area contributed by atoms with Gasteiger partial charge in [-0.05, 0) is 49.0 Å². The van der Waals surface area contributed by atoms with Gasteiger partial charge in [0.1, 0.15) is 0 Å². The van der Waals surface area contributed by atoms with E-state index in [1.54, 1.807) is 24.3 Å². The van der Waals surface area contributed by atoms with Gasteiger partial charge in [0.15, 0.2) is 5.11 Å². The average Bonchev–Trinajstić information content (AvgIpc) is 2.55. The second kappa shape index (κ2) is 6.46. The summed E-state index contributed by atoms with van der Waals surface area (Å²) in [5.74, 6) is 0. The first-order chi connectivity index (χ1) is 11.5. The number of fused-ring (bicyclic) bond motifs is 1. The number of aromatic amines is 2. The Morgan fingerprint density at radius 1 is 1.00 bits per heavy atom. The fraction of sp³-hybridized carbons (Fsp3) is 0.0625. The SMILES string of the molecule is Cc1c(Cl)cccc1NC(=S)Nc1cccc2c(=O)[nH][nH]c(=O)c12. The van der Waals surface area contributed by atoms with Gasteiger partial charge in [-0.1, -0.05) is 23.7 Å². The van der Waals surface area contributed by atoms with Crippen LogP contribution in [0.15, 0.2) is 46.0 Å². The minimum atomic E-state index is -0.408. The van der Waals surface area contributed by atoms with Crippen LogP contribution in [0, 0.1) is 6.92 Å². The number of benzene rings is 2. The minimum absolute atomic E-state index is 0.244. The lowest BCUT2D eigenvalue weighted by atomic mass is 10.1. The summed E-state index contributed by atoms with van der Waals surface area (Å²) in [5, 5.41) is 12.0. The molecule has 0 amide bonds. The third-order valence-electron chi connectivity index (χ3n) is 3.59. The highest BCUT2D eigenvalue weighted by Crippen LogP contribution is 2.23. The van der Waals surface area contributed by atoms with E-state index in [0.29, 0.717) is 10.7 Å². The third-order valence-corrected chi connectivity index (χ3v) is 4.20. The number of H-pyrrole nitrogens is 2. The maximum atomic E-state index is 12.0. The Morgan fingerprint density at radius 2 is 1.62 bits per heavy atom. The van der Waals surface area contributed by atoms with Gasteiger partial charge in [0.25, 0.3) is 11.1 Å². The number of hydrogen-bond acceptors (Lipinski definition) is 3. The van der Waals surface area contributed by atoms with Crippen LogP contribution < -0.4 is 21.8 Å². The molecule has 0 saturated heterocycles. The molecule has 0 atom stereocenters. The molecule has 3 rings (SSSR count). The molecule has 1 aromatic heterocycles. The van der Waals surface area contributed by atoms with E-state index in [4.69, 9.17) is 23.8 Å². The lowest BCUT2D eigenvalue weighted by molar-refractivity contribution is 0.977. The summed E-state index contributed by atoms with van der Waals surface area (Å²) in [4.78, 5) is 23.9. The Labute approximate surface area is 146 Å². The van der Waals surface area contributed by atoms with Crippen molar-refractivity contribution >= 4 is 51.1 Å². The van der Waals surface area contributed by atoms with Crippen LogP contribution in [0.5, 0.6) is 0 Å². The second-order valence-electron chi connectivity index (χ2n) is 5.13. The van der Waals surface area contributed by atoms with Crippen LogP contribution in [0.3, 0.4) is 0 Å². The third kappa shape index (κ3) is 3.04. The zero-order valence-corrected chi connectivity index (χ0v) is 14.1. The van der Waals surface area contributed by atoms with Crippen LogP contribution in [0.2, 0.25) is 5.02 Å². The largest absolute Gasteiger partial charge is 0.332 e. The fourth-order valence-electron chi connectivity index (χ4n) is 2.35. The quantitative estimate of drug-likeness (QED) is 0.527. The monoisotopic (exact) mass is 360 g/mol. The van der Waals surface area contributed by atoms with Crippen LogP contribution >= 0.6 is 23.8 Å². The predicted molar refractivity (Wildman–Crippen MR) is 101 cm³/mol. The molecule has 24 heavy (non-hydrogen) atoms. The highest BCUT2D eigenvalue weighted by molar-refractivity contribution is 7.80. The molecule has 0 bridgehead atoms. The van der Waals surface area contributed by atoms with E-state index in [-0.39, 0.29) is 21.4 Å². The summed E-state index contributed by atoms with van der Waals surface area (Å²) in [6.45, 7) is 1.87. The Hall–Kier alpha value is -2.64. The van der Waals surface area contributed by atoms with Gasteiger partial charge < -0.3 is 10.6 Å². The summed E-state index contributed by atoms with van der Waals surface area (Å²) in [6.07, 6.45) is 0. The maximum Gasteiger partial charge on any atom is 0.272 e. The van der Waals surface area contributed by atoms with E-state index in [1.165, 1.54) is 0 Å². The average molecular weight is 361 g/mol. The number of nitrogens with one attached hydrogen (secondary N) is 4. The Kier molecular flexibility index (Phi) is 4.37. The molecule has 1 heterocycles. The van der Waals surface area contributed by atoms with E-state index in [1.807, 2.05) is 19.1 Å². The molecule has 0 unspecified atom stereocenters. The van der Waals surface area contributed by atoms with Crippen LogP contribution in [0.25, 0.3) is 10.8 Å². The summed E-state index contributed by atoms with van der Waals surface area (Å²) >= 11 is 11.4. The molecule has 2 aromatic carbocycles. The molecule has 4 N–H and O–H groups in total. The van der Waals surface area contributed by atoms with Crippen molar-refractivity contribution in [2.75, 3.05) is 10.6 Å². The van der Waals surface area contributed by atoms with E-state index in [9.17, 15) is 9.59 Å². The maximum absolute atomic E-state index is 12.0. The van der Waals surface area contributed by atoms with E-state index in [0.717, 1.165) is 11.3 Å². The van der Waals surface area contributed by atoms with Crippen LogP contribution in [-0.4, -0.2) is 15.3 Å². The van der Waals surface area contributed by atoms with Gasteiger partial charge in [-0.3, -0.25) is 19.8 Å². The van der Waals surface area contributed by atoms with Crippen LogP contribution in [-0.2, 0) is 0 Å². The Bertz CT molecular complexity index is 1060. The molecule has 0 aliphatic heterocycles. The summed E-state index contributed by atoms with van der Waals surface area (Å²) in [5.41, 5.74) is 1.27. The van der Waals surface area contributed by atoms with Crippen molar-refractivity contribution in [2.24, 2.45) is 0 Å². The van der Waals surface area contributed by atoms with Crippen molar-refractivity contribution in [3.63, 3.8) is 0 Å². The van der Waals surface area contributed by atoms with E-state index >= 15 is 0 Å². The second-order valence-corrected chi connectivity index (χ2v) is 5.94. The molecular formula is C16H13ClN4O2S. The molecule has 6 nitrogen and oxygen atoms in total. The first-order valence-corrected chi connectivity index (χ1v) is 7.83. The van der Waals surface area contributed by atoms with Gasteiger partial charge in [-0.2, -0.15) is 0 Å². The Balaban J connectivity index is 1.94. The normalized spacial score (nSPS) is 10.6. The van der Waals surface area contributed by atoms with Crippen molar-refractivity contribution in [3.8, 4) is 0 Å². The van der Waals surface area contributed by atoms with Gasteiger partial charge in [0, 0.05) is 10.7 Å². The summed E-state index contributed by atoms with van der Waals surface area (Å²) < 4.78 is 0. The standard InChI is InChI=1S/C16H13ClN4O2S/c1-8-10(17)5-3-6-11(8)18-16(24)19-12-7-2-4-9-13(12)15(23)21-20-14(9)22/h2-7H,1H3,(H,20,22)(H,21,23)(H2,18,19,24). The lowest BCUT2D eigenvalue weighted by Crippen LogP contribution is -2.23. The molecule has 122 valence electrons.